The molecule has 1 heterocycles. The maximum Gasteiger partial charge on any atom is 0.270 e. The highest BCUT2D eigenvalue weighted by atomic mass is 16.2. The van der Waals surface area contributed by atoms with Crippen LogP contribution in [0.3, 0.4) is 0 Å². The first-order valence-electron chi connectivity index (χ1n) is 5.13. The molecular weight excluding hydrogens is 208 g/mol. The summed E-state index contributed by atoms with van der Waals surface area (Å²) in [6.45, 7) is 0. The van der Waals surface area contributed by atoms with E-state index in [4.69, 9.17) is 5.26 Å². The van der Waals surface area contributed by atoms with Crippen molar-refractivity contribution in [2.45, 2.75) is 25.7 Å². The molecule has 7 nitrogen and oxygen atoms in total. The number of carbonyl (C=O) groups excluding carboxylic acids is 1. The maximum absolute atomic E-state index is 11.9. The van der Waals surface area contributed by atoms with Crippen LogP contribution in [0, 0.1) is 16.7 Å². The Labute approximate surface area is 92.4 Å². The molecule has 1 amide bonds. The van der Waals surface area contributed by atoms with Crippen molar-refractivity contribution < 1.29 is 4.79 Å². The normalized spacial score (nSPS) is 18.0. The first-order chi connectivity index (χ1) is 7.66. The highest BCUT2D eigenvalue weighted by Crippen LogP contribution is 2.38. The van der Waals surface area contributed by atoms with Gasteiger partial charge in [-0.25, -0.2) is 0 Å². The third-order valence-corrected chi connectivity index (χ3v) is 2.84. The van der Waals surface area contributed by atoms with Crippen molar-refractivity contribution in [1.29, 1.82) is 5.26 Å². The lowest BCUT2D eigenvalue weighted by atomic mass is 9.87. The molecule has 1 N–H and O–H groups in total. The molecule has 1 aromatic rings. The van der Waals surface area contributed by atoms with E-state index >= 15 is 0 Å². The summed E-state index contributed by atoms with van der Waals surface area (Å²) in [5.74, 6) is -0.172. The predicted molar refractivity (Wildman–Crippen MR) is 53.9 cm³/mol. The number of hydrogen-bond acceptors (Lipinski definition) is 5. The summed E-state index contributed by atoms with van der Waals surface area (Å²) in [6, 6.07) is 2.11. The SMILES string of the molecule is Cn1nnc(NC(=O)C2(C#N)CCCC2)n1. The number of aryl methyl sites for hydroxylation is 1. The molecule has 1 fully saturated rings. The number of aromatic nitrogens is 4. The van der Waals surface area contributed by atoms with E-state index in [0.29, 0.717) is 12.8 Å². The zero-order valence-corrected chi connectivity index (χ0v) is 8.97. The Morgan fingerprint density at radius 3 is 2.75 bits per heavy atom. The van der Waals surface area contributed by atoms with Gasteiger partial charge < -0.3 is 0 Å². The fraction of sp³-hybridized carbons (Fsp3) is 0.667. The van der Waals surface area contributed by atoms with Crippen LogP contribution in [-0.2, 0) is 11.8 Å². The third kappa shape index (κ3) is 1.74. The van der Waals surface area contributed by atoms with Gasteiger partial charge in [0, 0.05) is 0 Å². The number of nitriles is 1. The van der Waals surface area contributed by atoms with E-state index in [0.717, 1.165) is 12.8 Å². The molecule has 0 unspecified atom stereocenters. The van der Waals surface area contributed by atoms with Gasteiger partial charge in [-0.3, -0.25) is 10.1 Å². The van der Waals surface area contributed by atoms with Crippen molar-refractivity contribution in [2.24, 2.45) is 12.5 Å². The second-order valence-electron chi connectivity index (χ2n) is 3.96. The Morgan fingerprint density at radius 1 is 1.56 bits per heavy atom. The summed E-state index contributed by atoms with van der Waals surface area (Å²) in [7, 11) is 1.61. The van der Waals surface area contributed by atoms with Crippen LogP contribution in [0.25, 0.3) is 0 Å². The van der Waals surface area contributed by atoms with Crippen molar-refractivity contribution in [3.8, 4) is 6.07 Å². The van der Waals surface area contributed by atoms with E-state index in [1.165, 1.54) is 4.80 Å². The van der Waals surface area contributed by atoms with Gasteiger partial charge in [0.05, 0.1) is 13.1 Å². The van der Waals surface area contributed by atoms with E-state index in [-0.39, 0.29) is 11.9 Å². The average Bonchev–Trinajstić information content (AvgIpc) is 2.88. The second kappa shape index (κ2) is 3.89. The maximum atomic E-state index is 11.9. The highest BCUT2D eigenvalue weighted by Gasteiger charge is 2.41. The highest BCUT2D eigenvalue weighted by molar-refractivity contribution is 5.96. The van der Waals surface area contributed by atoms with Crippen LogP contribution in [0.4, 0.5) is 5.95 Å². The smallest absolute Gasteiger partial charge is 0.270 e. The molecule has 0 aliphatic heterocycles. The molecule has 7 heteroatoms. The Balaban J connectivity index is 2.11. The average molecular weight is 220 g/mol. The first kappa shape index (κ1) is 10.5. The van der Waals surface area contributed by atoms with Gasteiger partial charge in [-0.05, 0) is 18.1 Å². The van der Waals surface area contributed by atoms with Crippen LogP contribution in [0.2, 0.25) is 0 Å². The van der Waals surface area contributed by atoms with Gasteiger partial charge in [-0.15, -0.1) is 5.10 Å². The van der Waals surface area contributed by atoms with Crippen molar-refractivity contribution in [3.05, 3.63) is 0 Å². The minimum atomic E-state index is -0.904. The van der Waals surface area contributed by atoms with Crippen LogP contribution in [0.5, 0.6) is 0 Å². The minimum absolute atomic E-state index is 0.147. The number of nitrogens with zero attached hydrogens (tertiary/aromatic N) is 5. The van der Waals surface area contributed by atoms with Gasteiger partial charge in [0.1, 0.15) is 5.41 Å². The molecule has 0 saturated heterocycles. The molecule has 1 aromatic heterocycles. The van der Waals surface area contributed by atoms with Crippen LogP contribution in [0.15, 0.2) is 0 Å². The minimum Gasteiger partial charge on any atom is -0.290 e. The van der Waals surface area contributed by atoms with Crippen molar-refractivity contribution in [1.82, 2.24) is 20.2 Å². The van der Waals surface area contributed by atoms with Crippen molar-refractivity contribution >= 4 is 11.9 Å². The summed E-state index contributed by atoms with van der Waals surface area (Å²) in [4.78, 5) is 13.2. The summed E-state index contributed by atoms with van der Waals surface area (Å²) < 4.78 is 0. The molecule has 1 aliphatic carbocycles. The predicted octanol–water partition coefficient (Wildman–Crippen LogP) is 0.233. The van der Waals surface area contributed by atoms with Crippen LogP contribution >= 0.6 is 0 Å². The van der Waals surface area contributed by atoms with Crippen LogP contribution < -0.4 is 5.32 Å². The molecule has 1 aliphatic rings. The van der Waals surface area contributed by atoms with E-state index in [9.17, 15) is 4.79 Å². The summed E-state index contributed by atoms with van der Waals surface area (Å²) >= 11 is 0. The van der Waals surface area contributed by atoms with Gasteiger partial charge in [-0.1, -0.05) is 17.9 Å². The molecule has 16 heavy (non-hydrogen) atoms. The van der Waals surface area contributed by atoms with Gasteiger partial charge >= 0.3 is 0 Å². The molecule has 0 bridgehead atoms. The summed E-state index contributed by atoms with van der Waals surface area (Å²) in [6.07, 6.45) is 3.04. The van der Waals surface area contributed by atoms with E-state index in [1.807, 2.05) is 0 Å². The largest absolute Gasteiger partial charge is 0.290 e. The molecule has 0 aromatic carbocycles. The van der Waals surface area contributed by atoms with Crippen LogP contribution in [0.1, 0.15) is 25.7 Å². The lowest BCUT2D eigenvalue weighted by Crippen LogP contribution is -2.32. The molecule has 0 atom stereocenters. The fourth-order valence-corrected chi connectivity index (χ4v) is 1.92. The quantitative estimate of drug-likeness (QED) is 0.769. The second-order valence-corrected chi connectivity index (χ2v) is 3.96. The Bertz CT molecular complexity index is 439. The zero-order valence-electron chi connectivity index (χ0n) is 8.97. The Morgan fingerprint density at radius 2 is 2.25 bits per heavy atom. The standard InChI is InChI=1S/C9H12N6O/c1-15-13-8(12-14-15)11-7(16)9(6-10)4-2-3-5-9/h2-5H2,1H3,(H,11,13,16). The number of nitrogens with one attached hydrogen (secondary N) is 1. The van der Waals surface area contributed by atoms with E-state index < -0.39 is 5.41 Å². The molecule has 0 radical (unpaired) electrons. The number of carbonyl (C=O) groups is 1. The molecule has 2 rings (SSSR count). The topological polar surface area (TPSA) is 96.5 Å². The number of tetrazole rings is 1. The number of amides is 1. The van der Waals surface area contributed by atoms with Gasteiger partial charge in [0.2, 0.25) is 5.91 Å². The Hall–Kier alpha value is -1.97. The monoisotopic (exact) mass is 220 g/mol. The lowest BCUT2D eigenvalue weighted by Gasteiger charge is -2.17. The third-order valence-electron chi connectivity index (χ3n) is 2.84. The summed E-state index contributed by atoms with van der Waals surface area (Å²) in [5, 5.41) is 22.7. The molecular formula is C9H12N6O. The lowest BCUT2D eigenvalue weighted by molar-refractivity contribution is -0.122. The van der Waals surface area contributed by atoms with Crippen molar-refractivity contribution in [2.75, 3.05) is 5.32 Å². The number of rotatable bonds is 2. The first-order valence-corrected chi connectivity index (χ1v) is 5.13. The van der Waals surface area contributed by atoms with Gasteiger partial charge in [0.15, 0.2) is 0 Å². The van der Waals surface area contributed by atoms with Crippen molar-refractivity contribution in [3.63, 3.8) is 0 Å². The van der Waals surface area contributed by atoms with Gasteiger partial charge in [0.25, 0.3) is 5.95 Å². The fourth-order valence-electron chi connectivity index (χ4n) is 1.92. The van der Waals surface area contributed by atoms with E-state index in [2.05, 4.69) is 26.8 Å². The number of anilines is 1. The molecule has 0 spiro atoms. The van der Waals surface area contributed by atoms with E-state index in [1.54, 1.807) is 7.05 Å². The molecule has 1 saturated carbocycles. The zero-order chi connectivity index (χ0) is 11.6. The molecule has 84 valence electrons. The Kier molecular flexibility index (Phi) is 2.56. The van der Waals surface area contributed by atoms with Crippen LogP contribution in [-0.4, -0.2) is 26.1 Å². The van der Waals surface area contributed by atoms with Gasteiger partial charge in [-0.2, -0.15) is 10.1 Å². The summed E-state index contributed by atoms with van der Waals surface area (Å²) in [5.41, 5.74) is -0.904. The number of hydrogen-bond donors (Lipinski definition) is 1.